The maximum Gasteiger partial charge on any atom is 0.308 e. The number of amides is 1. The Morgan fingerprint density at radius 2 is 1.82 bits per heavy atom. The third-order valence-corrected chi connectivity index (χ3v) is 5.01. The van der Waals surface area contributed by atoms with Crippen molar-refractivity contribution in [3.63, 3.8) is 0 Å². The fraction of sp³-hybridized carbons (Fsp3) is 0.350. The molecule has 1 heterocycles. The first-order chi connectivity index (χ1) is 13.5. The lowest BCUT2D eigenvalue weighted by atomic mass is 9.86. The Labute approximate surface area is 163 Å². The molecule has 0 atom stereocenters. The maximum atomic E-state index is 12.6. The van der Waals surface area contributed by atoms with Crippen molar-refractivity contribution in [3.05, 3.63) is 47.7 Å². The monoisotopic (exact) mass is 381 g/mol. The van der Waals surface area contributed by atoms with Gasteiger partial charge < -0.3 is 15.8 Å². The number of amidine groups is 1. The molecule has 1 fully saturated rings. The Hall–Kier alpha value is -3.29. The molecular formula is C20H23N5O3. The number of carbonyl (C=O) groups excluding carboxylic acids is 2. The van der Waals surface area contributed by atoms with Crippen molar-refractivity contribution in [2.75, 3.05) is 7.11 Å². The molecular weight excluding hydrogens is 358 g/mol. The van der Waals surface area contributed by atoms with Crippen molar-refractivity contribution >= 4 is 17.7 Å². The fourth-order valence-corrected chi connectivity index (χ4v) is 3.36. The first kappa shape index (κ1) is 19.5. The molecule has 0 saturated heterocycles. The lowest BCUT2D eigenvalue weighted by Crippen LogP contribution is -2.39. The molecule has 8 nitrogen and oxygen atoms in total. The first-order valence-electron chi connectivity index (χ1n) is 9.14. The zero-order valence-electron chi connectivity index (χ0n) is 15.6. The smallest absolute Gasteiger partial charge is 0.308 e. The normalized spacial score (nSPS) is 18.9. The Bertz CT molecular complexity index is 874. The average molecular weight is 381 g/mol. The average Bonchev–Trinajstić information content (AvgIpc) is 2.74. The van der Waals surface area contributed by atoms with Gasteiger partial charge in [0, 0.05) is 17.2 Å². The number of nitrogens with zero attached hydrogens (tertiary/aromatic N) is 2. The van der Waals surface area contributed by atoms with E-state index in [0.29, 0.717) is 29.7 Å². The van der Waals surface area contributed by atoms with E-state index in [4.69, 9.17) is 15.9 Å². The highest BCUT2D eigenvalue weighted by Crippen LogP contribution is 2.25. The maximum absolute atomic E-state index is 12.6. The van der Waals surface area contributed by atoms with Gasteiger partial charge >= 0.3 is 5.97 Å². The molecule has 0 unspecified atom stereocenters. The summed E-state index contributed by atoms with van der Waals surface area (Å²) in [5.74, 6) is -0.473. The molecule has 0 radical (unpaired) electrons. The van der Waals surface area contributed by atoms with Crippen LogP contribution in [0.4, 0.5) is 0 Å². The number of hydrogen-bond acceptors (Lipinski definition) is 6. The van der Waals surface area contributed by atoms with Gasteiger partial charge in [-0.3, -0.25) is 15.0 Å². The summed E-state index contributed by atoms with van der Waals surface area (Å²) in [7, 11) is 1.40. The van der Waals surface area contributed by atoms with Gasteiger partial charge in [-0.05, 0) is 31.7 Å². The van der Waals surface area contributed by atoms with Crippen molar-refractivity contribution in [3.8, 4) is 11.3 Å². The number of esters is 1. The van der Waals surface area contributed by atoms with Crippen LogP contribution in [0.25, 0.3) is 11.3 Å². The van der Waals surface area contributed by atoms with Crippen LogP contribution in [0.5, 0.6) is 0 Å². The molecule has 3 rings (SSSR count). The molecule has 1 aliphatic carbocycles. The highest BCUT2D eigenvalue weighted by atomic mass is 16.5. The highest BCUT2D eigenvalue weighted by Gasteiger charge is 2.27. The summed E-state index contributed by atoms with van der Waals surface area (Å²) in [6.07, 6.45) is 4.33. The molecule has 1 amide bonds. The van der Waals surface area contributed by atoms with Crippen LogP contribution in [0.2, 0.25) is 0 Å². The van der Waals surface area contributed by atoms with Gasteiger partial charge in [0.2, 0.25) is 0 Å². The van der Waals surface area contributed by atoms with Gasteiger partial charge in [0.15, 0.2) is 0 Å². The second kappa shape index (κ2) is 8.60. The molecule has 2 aromatic rings. The van der Waals surface area contributed by atoms with Crippen molar-refractivity contribution in [1.29, 1.82) is 5.41 Å². The van der Waals surface area contributed by atoms with Gasteiger partial charge in [-0.25, -0.2) is 0 Å². The van der Waals surface area contributed by atoms with Crippen LogP contribution in [-0.4, -0.2) is 41.1 Å². The van der Waals surface area contributed by atoms with E-state index in [1.165, 1.54) is 13.3 Å². The molecule has 1 aromatic heterocycles. The van der Waals surface area contributed by atoms with Crippen LogP contribution in [0.15, 0.2) is 36.5 Å². The Morgan fingerprint density at radius 1 is 1.14 bits per heavy atom. The number of aromatic nitrogens is 2. The van der Waals surface area contributed by atoms with Crippen molar-refractivity contribution < 1.29 is 14.3 Å². The predicted octanol–water partition coefficient (Wildman–Crippen LogP) is 1.89. The molecule has 1 saturated carbocycles. The summed E-state index contributed by atoms with van der Waals surface area (Å²) in [5, 5.41) is 18.5. The van der Waals surface area contributed by atoms with Crippen molar-refractivity contribution in [1.82, 2.24) is 15.5 Å². The SMILES string of the molecule is COC(=O)[C@H]1CC[C@H](NC(=O)c2cnnc(-c3ccc(C(=N)N)cc3)c2)CC1. The van der Waals surface area contributed by atoms with Crippen LogP contribution < -0.4 is 11.1 Å². The fourth-order valence-electron chi connectivity index (χ4n) is 3.36. The summed E-state index contributed by atoms with van der Waals surface area (Å²) in [5.41, 5.74) is 7.86. The summed E-state index contributed by atoms with van der Waals surface area (Å²) < 4.78 is 4.79. The van der Waals surface area contributed by atoms with Gasteiger partial charge in [0.05, 0.1) is 30.5 Å². The minimum atomic E-state index is -0.210. The standard InChI is InChI=1S/C20H23N5O3/c1-28-20(27)14-6-8-16(9-7-14)24-19(26)15-10-17(25-23-11-15)12-2-4-13(5-3-12)18(21)22/h2-5,10-11,14,16H,6-9H2,1H3,(H3,21,22)(H,24,26)/t14-,16-. The third kappa shape index (κ3) is 4.51. The van der Waals surface area contributed by atoms with Crippen LogP contribution in [0, 0.1) is 11.3 Å². The lowest BCUT2D eigenvalue weighted by Gasteiger charge is -2.27. The topological polar surface area (TPSA) is 131 Å². The second-order valence-corrected chi connectivity index (χ2v) is 6.87. The van der Waals surface area contributed by atoms with Crippen LogP contribution >= 0.6 is 0 Å². The second-order valence-electron chi connectivity index (χ2n) is 6.87. The minimum absolute atomic E-state index is 0.00678. The van der Waals surface area contributed by atoms with Gasteiger partial charge in [0.1, 0.15) is 5.84 Å². The van der Waals surface area contributed by atoms with E-state index in [0.717, 1.165) is 18.4 Å². The Kier molecular flexibility index (Phi) is 5.98. The number of nitrogens with two attached hydrogens (primary N) is 1. The van der Waals surface area contributed by atoms with Crippen molar-refractivity contribution in [2.24, 2.45) is 11.7 Å². The molecule has 1 aliphatic rings. The summed E-state index contributed by atoms with van der Waals surface area (Å²) >= 11 is 0. The summed E-state index contributed by atoms with van der Waals surface area (Å²) in [6.45, 7) is 0. The minimum Gasteiger partial charge on any atom is -0.469 e. The Balaban J connectivity index is 1.64. The largest absolute Gasteiger partial charge is 0.469 e. The van der Waals surface area contributed by atoms with E-state index < -0.39 is 0 Å². The number of ether oxygens (including phenoxy) is 1. The zero-order chi connectivity index (χ0) is 20.1. The summed E-state index contributed by atoms with van der Waals surface area (Å²) in [6, 6.07) is 8.75. The number of nitrogens with one attached hydrogen (secondary N) is 2. The number of hydrogen-bond donors (Lipinski definition) is 3. The van der Waals surface area contributed by atoms with Gasteiger partial charge in [-0.15, -0.1) is 0 Å². The number of nitrogen functional groups attached to an aromatic ring is 1. The highest BCUT2D eigenvalue weighted by molar-refractivity contribution is 5.96. The molecule has 28 heavy (non-hydrogen) atoms. The van der Waals surface area contributed by atoms with Gasteiger partial charge in [-0.2, -0.15) is 10.2 Å². The molecule has 146 valence electrons. The molecule has 8 heteroatoms. The van der Waals surface area contributed by atoms with E-state index in [1.54, 1.807) is 30.3 Å². The van der Waals surface area contributed by atoms with Crippen LogP contribution in [0.3, 0.4) is 0 Å². The quantitative estimate of drug-likeness (QED) is 0.412. The lowest BCUT2D eigenvalue weighted by molar-refractivity contribution is -0.146. The van der Waals surface area contributed by atoms with E-state index in [1.807, 2.05) is 0 Å². The number of methoxy groups -OCH3 is 1. The van der Waals surface area contributed by atoms with Crippen molar-refractivity contribution in [2.45, 2.75) is 31.7 Å². The van der Waals surface area contributed by atoms with E-state index >= 15 is 0 Å². The van der Waals surface area contributed by atoms with Gasteiger partial charge in [-0.1, -0.05) is 24.3 Å². The first-order valence-corrected chi connectivity index (χ1v) is 9.14. The van der Waals surface area contributed by atoms with E-state index in [9.17, 15) is 9.59 Å². The Morgan fingerprint density at radius 3 is 2.43 bits per heavy atom. The predicted molar refractivity (Wildman–Crippen MR) is 104 cm³/mol. The zero-order valence-corrected chi connectivity index (χ0v) is 15.6. The number of carbonyl (C=O) groups is 2. The van der Waals surface area contributed by atoms with E-state index in [2.05, 4.69) is 15.5 Å². The number of rotatable bonds is 5. The number of benzene rings is 1. The van der Waals surface area contributed by atoms with E-state index in [-0.39, 0.29) is 29.7 Å². The molecule has 1 aromatic carbocycles. The third-order valence-electron chi connectivity index (χ3n) is 5.01. The van der Waals surface area contributed by atoms with Gasteiger partial charge in [0.25, 0.3) is 5.91 Å². The molecule has 0 spiro atoms. The van der Waals surface area contributed by atoms with Crippen LogP contribution in [-0.2, 0) is 9.53 Å². The molecule has 4 N–H and O–H groups in total. The molecule has 0 bridgehead atoms. The molecule has 0 aliphatic heterocycles. The summed E-state index contributed by atoms with van der Waals surface area (Å²) in [4.78, 5) is 24.2. The van der Waals surface area contributed by atoms with Crippen LogP contribution in [0.1, 0.15) is 41.6 Å².